The predicted octanol–water partition coefficient (Wildman–Crippen LogP) is 0.221. The van der Waals surface area contributed by atoms with E-state index >= 15 is 0 Å². The fourth-order valence-electron chi connectivity index (χ4n) is 2.10. The molecule has 0 saturated carbocycles. The van der Waals surface area contributed by atoms with E-state index in [-0.39, 0.29) is 5.54 Å². The predicted molar refractivity (Wildman–Crippen MR) is 58.2 cm³/mol. The Labute approximate surface area is 90.3 Å². The molecule has 2 heterocycles. The van der Waals surface area contributed by atoms with Crippen molar-refractivity contribution in [2.45, 2.75) is 38.9 Å². The van der Waals surface area contributed by atoms with Gasteiger partial charge in [-0.3, -0.25) is 4.90 Å². The van der Waals surface area contributed by atoms with Crippen LogP contribution in [-0.2, 0) is 13.1 Å². The summed E-state index contributed by atoms with van der Waals surface area (Å²) in [5, 5.41) is 4.20. The fourth-order valence-corrected chi connectivity index (χ4v) is 2.10. The Morgan fingerprint density at radius 3 is 2.87 bits per heavy atom. The number of likely N-dealkylation sites (tertiary alicyclic amines) is 1. The molecular weight excluding hydrogens is 190 g/mol. The molecule has 0 amide bonds. The van der Waals surface area contributed by atoms with E-state index in [4.69, 9.17) is 5.73 Å². The molecule has 1 aromatic heterocycles. The molecule has 0 aliphatic carbocycles. The average molecular weight is 209 g/mol. The summed E-state index contributed by atoms with van der Waals surface area (Å²) >= 11 is 0. The van der Waals surface area contributed by atoms with E-state index in [1.807, 2.05) is 4.68 Å². The van der Waals surface area contributed by atoms with Gasteiger partial charge in [-0.05, 0) is 13.3 Å². The number of nitrogens with two attached hydrogens (primary N) is 1. The molecule has 0 bridgehead atoms. The van der Waals surface area contributed by atoms with Gasteiger partial charge in [0, 0.05) is 25.2 Å². The van der Waals surface area contributed by atoms with Crippen LogP contribution >= 0.6 is 0 Å². The van der Waals surface area contributed by atoms with E-state index in [1.54, 1.807) is 6.33 Å². The minimum Gasteiger partial charge on any atom is -0.323 e. The molecule has 0 spiro atoms. The van der Waals surface area contributed by atoms with Crippen LogP contribution in [0.25, 0.3) is 0 Å². The highest BCUT2D eigenvalue weighted by atomic mass is 15.4. The molecule has 1 aliphatic heterocycles. The molecule has 2 N–H and O–H groups in total. The maximum absolute atomic E-state index is 5.95. The van der Waals surface area contributed by atoms with Gasteiger partial charge in [0.15, 0.2) is 0 Å². The molecule has 5 nitrogen and oxygen atoms in total. The zero-order chi connectivity index (χ0) is 10.9. The lowest BCUT2D eigenvalue weighted by atomic mass is 9.94. The van der Waals surface area contributed by atoms with Crippen LogP contribution in [-0.4, -0.2) is 38.3 Å². The van der Waals surface area contributed by atoms with Crippen molar-refractivity contribution in [3.05, 3.63) is 12.2 Å². The minimum absolute atomic E-state index is 0.00436. The Morgan fingerprint density at radius 1 is 1.53 bits per heavy atom. The third-order valence-electron chi connectivity index (χ3n) is 2.67. The molecule has 1 fully saturated rings. The molecule has 5 heteroatoms. The van der Waals surface area contributed by atoms with E-state index in [0.29, 0.717) is 0 Å². The Bertz CT molecular complexity index is 322. The zero-order valence-electron chi connectivity index (χ0n) is 9.48. The number of aryl methyl sites for hydroxylation is 1. The lowest BCUT2D eigenvalue weighted by Gasteiger charge is -2.45. The first-order valence-electron chi connectivity index (χ1n) is 5.48. The zero-order valence-corrected chi connectivity index (χ0v) is 9.48. The monoisotopic (exact) mass is 209 g/mol. The van der Waals surface area contributed by atoms with Gasteiger partial charge >= 0.3 is 0 Å². The van der Waals surface area contributed by atoms with Gasteiger partial charge in [-0.2, -0.15) is 5.10 Å². The number of aromatic nitrogens is 3. The molecular formula is C10H19N5. The summed E-state index contributed by atoms with van der Waals surface area (Å²) in [6.07, 6.45) is 2.72. The summed E-state index contributed by atoms with van der Waals surface area (Å²) in [5.74, 6) is 1.05. The van der Waals surface area contributed by atoms with Crippen molar-refractivity contribution in [1.82, 2.24) is 19.7 Å². The molecule has 84 valence electrons. The van der Waals surface area contributed by atoms with Gasteiger partial charge < -0.3 is 5.73 Å². The van der Waals surface area contributed by atoms with Gasteiger partial charge in [0.05, 0.1) is 6.54 Å². The van der Waals surface area contributed by atoms with Gasteiger partial charge in [0.1, 0.15) is 12.2 Å². The first-order chi connectivity index (χ1) is 7.11. The van der Waals surface area contributed by atoms with Crippen LogP contribution in [0.3, 0.4) is 0 Å². The van der Waals surface area contributed by atoms with Crippen LogP contribution in [0.15, 0.2) is 6.33 Å². The van der Waals surface area contributed by atoms with Crippen LogP contribution < -0.4 is 5.73 Å². The summed E-state index contributed by atoms with van der Waals surface area (Å²) in [4.78, 5) is 6.58. The van der Waals surface area contributed by atoms with Gasteiger partial charge in [0.25, 0.3) is 0 Å². The molecule has 1 aliphatic rings. The lowest BCUT2D eigenvalue weighted by Crippen LogP contribution is -2.64. The molecule has 2 rings (SSSR count). The molecule has 0 aromatic carbocycles. The second-order valence-electron chi connectivity index (χ2n) is 4.70. The SMILES string of the molecule is CCCn1ncnc1CN1CC(C)(N)C1. The standard InChI is InChI=1S/C10H19N5/c1-3-4-15-9(12-8-13-15)5-14-6-10(2,11)7-14/h8H,3-7,11H2,1-2H3. The first kappa shape index (κ1) is 10.6. The highest BCUT2D eigenvalue weighted by molar-refractivity contribution is 4.98. The average Bonchev–Trinajstić information content (AvgIpc) is 2.50. The van der Waals surface area contributed by atoms with Crippen molar-refractivity contribution < 1.29 is 0 Å². The topological polar surface area (TPSA) is 60.0 Å². The molecule has 0 unspecified atom stereocenters. The normalized spacial score (nSPS) is 20.2. The third kappa shape index (κ3) is 2.35. The second kappa shape index (κ2) is 3.90. The Balaban J connectivity index is 1.91. The fraction of sp³-hybridized carbons (Fsp3) is 0.800. The maximum atomic E-state index is 5.95. The van der Waals surface area contributed by atoms with Gasteiger partial charge in [-0.15, -0.1) is 0 Å². The number of hydrogen-bond acceptors (Lipinski definition) is 4. The number of nitrogens with zero attached hydrogens (tertiary/aromatic N) is 4. The third-order valence-corrected chi connectivity index (χ3v) is 2.67. The van der Waals surface area contributed by atoms with Crippen molar-refractivity contribution in [3.63, 3.8) is 0 Å². The summed E-state index contributed by atoms with van der Waals surface area (Å²) < 4.78 is 1.98. The largest absolute Gasteiger partial charge is 0.323 e. The van der Waals surface area contributed by atoms with Crippen molar-refractivity contribution in [1.29, 1.82) is 0 Å². The van der Waals surface area contributed by atoms with E-state index in [2.05, 4.69) is 28.8 Å². The smallest absolute Gasteiger partial charge is 0.141 e. The molecule has 1 saturated heterocycles. The van der Waals surface area contributed by atoms with Crippen LogP contribution in [0, 0.1) is 0 Å². The summed E-state index contributed by atoms with van der Waals surface area (Å²) in [7, 11) is 0. The Morgan fingerprint density at radius 2 is 2.27 bits per heavy atom. The first-order valence-corrected chi connectivity index (χ1v) is 5.48. The molecule has 1 aromatic rings. The minimum atomic E-state index is -0.00436. The van der Waals surface area contributed by atoms with Crippen LogP contribution in [0.5, 0.6) is 0 Å². The maximum Gasteiger partial charge on any atom is 0.141 e. The Hall–Kier alpha value is -0.940. The van der Waals surface area contributed by atoms with E-state index < -0.39 is 0 Å². The van der Waals surface area contributed by atoms with Crippen molar-refractivity contribution in [2.24, 2.45) is 5.73 Å². The molecule has 0 radical (unpaired) electrons. The van der Waals surface area contributed by atoms with E-state index in [1.165, 1.54) is 0 Å². The summed E-state index contributed by atoms with van der Waals surface area (Å²) in [6.45, 7) is 7.94. The summed E-state index contributed by atoms with van der Waals surface area (Å²) in [5.41, 5.74) is 5.95. The van der Waals surface area contributed by atoms with Crippen LogP contribution in [0.1, 0.15) is 26.1 Å². The lowest BCUT2D eigenvalue weighted by molar-refractivity contribution is 0.0722. The van der Waals surface area contributed by atoms with E-state index in [9.17, 15) is 0 Å². The highest BCUT2D eigenvalue weighted by Crippen LogP contribution is 2.18. The van der Waals surface area contributed by atoms with Crippen LogP contribution in [0.4, 0.5) is 0 Å². The highest BCUT2D eigenvalue weighted by Gasteiger charge is 2.35. The van der Waals surface area contributed by atoms with Gasteiger partial charge in [-0.1, -0.05) is 6.92 Å². The second-order valence-corrected chi connectivity index (χ2v) is 4.70. The summed E-state index contributed by atoms with van der Waals surface area (Å²) in [6, 6.07) is 0. The number of rotatable bonds is 4. The van der Waals surface area contributed by atoms with Gasteiger partial charge in [0.2, 0.25) is 0 Å². The van der Waals surface area contributed by atoms with Crippen molar-refractivity contribution in [2.75, 3.05) is 13.1 Å². The van der Waals surface area contributed by atoms with Crippen LogP contribution in [0.2, 0.25) is 0 Å². The van der Waals surface area contributed by atoms with E-state index in [0.717, 1.165) is 38.4 Å². The molecule has 15 heavy (non-hydrogen) atoms. The van der Waals surface area contributed by atoms with Crippen molar-refractivity contribution in [3.8, 4) is 0 Å². The Kier molecular flexibility index (Phi) is 2.75. The van der Waals surface area contributed by atoms with Gasteiger partial charge in [-0.25, -0.2) is 9.67 Å². The quantitative estimate of drug-likeness (QED) is 0.770. The number of hydrogen-bond donors (Lipinski definition) is 1. The van der Waals surface area contributed by atoms with Crippen molar-refractivity contribution >= 4 is 0 Å². The molecule has 0 atom stereocenters.